The summed E-state index contributed by atoms with van der Waals surface area (Å²) >= 11 is 0.808. The Kier molecular flexibility index (Phi) is 6.00. The first-order valence-electron chi connectivity index (χ1n) is 8.33. The van der Waals surface area contributed by atoms with E-state index in [1.54, 1.807) is 61.7 Å². The number of hydrogen-bond acceptors (Lipinski definition) is 6. The molecule has 0 radical (unpaired) electrons. The molecule has 0 bridgehead atoms. The first kappa shape index (κ1) is 19.5. The van der Waals surface area contributed by atoms with E-state index < -0.39 is 17.1 Å². The summed E-state index contributed by atoms with van der Waals surface area (Å²) in [7, 11) is 3.09. The van der Waals surface area contributed by atoms with Crippen LogP contribution < -0.4 is 14.8 Å². The van der Waals surface area contributed by atoms with Gasteiger partial charge in [0, 0.05) is 11.8 Å². The lowest BCUT2D eigenvalue weighted by Crippen LogP contribution is -2.36. The molecule has 0 aromatic heterocycles. The van der Waals surface area contributed by atoms with Crippen molar-refractivity contribution in [2.24, 2.45) is 0 Å². The molecule has 0 spiro atoms. The molecule has 8 heteroatoms. The Morgan fingerprint density at radius 2 is 1.79 bits per heavy atom. The molecule has 1 N–H and O–H groups in total. The summed E-state index contributed by atoms with van der Waals surface area (Å²) in [6.07, 6.45) is 1.62. The predicted octanol–water partition coefficient (Wildman–Crippen LogP) is 3.38. The number of hydrogen-bond donors (Lipinski definition) is 1. The molecule has 0 saturated carbocycles. The van der Waals surface area contributed by atoms with Crippen molar-refractivity contribution in [3.05, 3.63) is 59.0 Å². The largest absolute Gasteiger partial charge is 0.497 e. The lowest BCUT2D eigenvalue weighted by atomic mass is 10.2. The summed E-state index contributed by atoms with van der Waals surface area (Å²) in [6, 6.07) is 13.9. The molecule has 1 fully saturated rings. The minimum absolute atomic E-state index is 0.268. The maximum Gasteiger partial charge on any atom is 0.294 e. The van der Waals surface area contributed by atoms with Crippen LogP contribution in [0.25, 0.3) is 6.08 Å². The van der Waals surface area contributed by atoms with Crippen LogP contribution in [0.15, 0.2) is 53.4 Å². The number of amides is 3. The van der Waals surface area contributed by atoms with Crippen molar-refractivity contribution in [1.82, 2.24) is 4.90 Å². The molecule has 3 amide bonds. The molecule has 2 aromatic rings. The van der Waals surface area contributed by atoms with Crippen LogP contribution >= 0.6 is 11.8 Å². The van der Waals surface area contributed by atoms with Crippen LogP contribution in [0.4, 0.5) is 10.5 Å². The van der Waals surface area contributed by atoms with Gasteiger partial charge in [-0.3, -0.25) is 19.3 Å². The number of carbonyl (C=O) groups excluding carboxylic acids is 3. The maximum atomic E-state index is 12.5. The van der Waals surface area contributed by atoms with E-state index in [-0.39, 0.29) is 11.4 Å². The fourth-order valence-electron chi connectivity index (χ4n) is 2.53. The normalized spacial score (nSPS) is 15.1. The number of ether oxygens (including phenoxy) is 2. The Bertz CT molecular complexity index is 940. The first-order chi connectivity index (χ1) is 13.5. The van der Waals surface area contributed by atoms with Gasteiger partial charge in [0.05, 0.1) is 19.1 Å². The molecule has 1 saturated heterocycles. The minimum atomic E-state index is -0.494. The second kappa shape index (κ2) is 8.62. The number of nitrogens with zero attached hydrogens (tertiary/aromatic N) is 1. The topological polar surface area (TPSA) is 84.9 Å². The summed E-state index contributed by atoms with van der Waals surface area (Å²) in [5.74, 6) is 0.318. The van der Waals surface area contributed by atoms with E-state index in [2.05, 4.69) is 5.32 Å². The first-order valence-corrected chi connectivity index (χ1v) is 9.15. The summed E-state index contributed by atoms with van der Waals surface area (Å²) in [6.45, 7) is -0.359. The van der Waals surface area contributed by atoms with Crippen LogP contribution in [-0.4, -0.2) is 42.7 Å². The number of anilines is 1. The molecular formula is C20H18N2O5S. The molecule has 0 unspecified atom stereocenters. The highest BCUT2D eigenvalue weighted by atomic mass is 32.2. The third-order valence-corrected chi connectivity index (χ3v) is 4.85. The smallest absolute Gasteiger partial charge is 0.294 e. The molecule has 1 aliphatic heterocycles. The fraction of sp³-hybridized carbons (Fsp3) is 0.150. The molecule has 2 aromatic carbocycles. The Balaban J connectivity index is 1.67. The maximum absolute atomic E-state index is 12.5. The van der Waals surface area contributed by atoms with Gasteiger partial charge < -0.3 is 14.8 Å². The fourth-order valence-corrected chi connectivity index (χ4v) is 3.37. The van der Waals surface area contributed by atoms with E-state index in [9.17, 15) is 14.4 Å². The van der Waals surface area contributed by atoms with E-state index in [1.807, 2.05) is 0 Å². The summed E-state index contributed by atoms with van der Waals surface area (Å²) in [5.41, 5.74) is 1.28. The second-order valence-electron chi connectivity index (χ2n) is 5.82. The van der Waals surface area contributed by atoms with Crippen molar-refractivity contribution in [1.29, 1.82) is 0 Å². The number of carbonyl (C=O) groups is 3. The van der Waals surface area contributed by atoms with Gasteiger partial charge in [-0.05, 0) is 47.7 Å². The van der Waals surface area contributed by atoms with E-state index >= 15 is 0 Å². The zero-order valence-electron chi connectivity index (χ0n) is 15.3. The molecule has 3 rings (SSSR count). The number of thioether (sulfide) groups is 1. The van der Waals surface area contributed by atoms with Crippen LogP contribution in [0.1, 0.15) is 5.56 Å². The Morgan fingerprint density at radius 3 is 2.46 bits per heavy atom. The van der Waals surface area contributed by atoms with Crippen LogP contribution in [0.5, 0.6) is 11.5 Å². The number of nitrogens with one attached hydrogen (secondary N) is 1. The SMILES string of the molecule is COc1ccc(/C=C2\SC(=O)N(CC(=O)Nc3cccc(OC)c3)C2=O)cc1. The van der Waals surface area contributed by atoms with Gasteiger partial charge in [-0.25, -0.2) is 0 Å². The summed E-state index contributed by atoms with van der Waals surface area (Å²) in [5, 5.41) is 2.17. The van der Waals surface area contributed by atoms with E-state index in [0.29, 0.717) is 17.2 Å². The van der Waals surface area contributed by atoms with Gasteiger partial charge in [0.25, 0.3) is 11.1 Å². The lowest BCUT2D eigenvalue weighted by molar-refractivity contribution is -0.127. The summed E-state index contributed by atoms with van der Waals surface area (Å²) in [4.78, 5) is 38.2. The average molecular weight is 398 g/mol. The number of benzene rings is 2. The van der Waals surface area contributed by atoms with Crippen molar-refractivity contribution in [2.75, 3.05) is 26.1 Å². The van der Waals surface area contributed by atoms with Gasteiger partial charge >= 0.3 is 0 Å². The van der Waals surface area contributed by atoms with E-state index in [0.717, 1.165) is 22.2 Å². The quantitative estimate of drug-likeness (QED) is 0.751. The molecule has 28 heavy (non-hydrogen) atoms. The van der Waals surface area contributed by atoms with Gasteiger partial charge in [-0.15, -0.1) is 0 Å². The highest BCUT2D eigenvalue weighted by Gasteiger charge is 2.36. The Morgan fingerprint density at radius 1 is 1.07 bits per heavy atom. The highest BCUT2D eigenvalue weighted by Crippen LogP contribution is 2.32. The van der Waals surface area contributed by atoms with Crippen molar-refractivity contribution in [3.8, 4) is 11.5 Å². The second-order valence-corrected chi connectivity index (χ2v) is 6.81. The predicted molar refractivity (Wildman–Crippen MR) is 107 cm³/mol. The Hall–Kier alpha value is -3.26. The van der Waals surface area contributed by atoms with Crippen LogP contribution in [0.3, 0.4) is 0 Å². The van der Waals surface area contributed by atoms with Gasteiger partial charge in [0.2, 0.25) is 5.91 Å². The van der Waals surface area contributed by atoms with E-state index in [4.69, 9.17) is 9.47 Å². The summed E-state index contributed by atoms with van der Waals surface area (Å²) < 4.78 is 10.2. The zero-order chi connectivity index (χ0) is 20.1. The van der Waals surface area contributed by atoms with Crippen molar-refractivity contribution in [3.63, 3.8) is 0 Å². The lowest BCUT2D eigenvalue weighted by Gasteiger charge is -2.12. The Labute approximate surface area is 166 Å². The van der Waals surface area contributed by atoms with Gasteiger partial charge in [-0.1, -0.05) is 18.2 Å². The third-order valence-electron chi connectivity index (χ3n) is 3.94. The van der Waals surface area contributed by atoms with Crippen molar-refractivity contribution >= 4 is 40.6 Å². The molecule has 0 atom stereocenters. The highest BCUT2D eigenvalue weighted by molar-refractivity contribution is 8.18. The third kappa shape index (κ3) is 4.52. The molecule has 7 nitrogen and oxygen atoms in total. The zero-order valence-corrected chi connectivity index (χ0v) is 16.1. The van der Waals surface area contributed by atoms with Crippen LogP contribution in [-0.2, 0) is 9.59 Å². The van der Waals surface area contributed by atoms with Crippen molar-refractivity contribution < 1.29 is 23.9 Å². The number of methoxy groups -OCH3 is 2. The molecule has 144 valence electrons. The standard InChI is InChI=1S/C20H18N2O5S/c1-26-15-8-6-13(7-9-15)10-17-19(24)22(20(25)28-17)12-18(23)21-14-4-3-5-16(11-14)27-2/h3-11H,12H2,1-2H3,(H,21,23)/b17-10-. The van der Waals surface area contributed by atoms with Gasteiger partial charge in [-0.2, -0.15) is 0 Å². The monoisotopic (exact) mass is 398 g/mol. The number of imide groups is 1. The van der Waals surface area contributed by atoms with Gasteiger partial charge in [0.1, 0.15) is 18.0 Å². The van der Waals surface area contributed by atoms with Crippen LogP contribution in [0.2, 0.25) is 0 Å². The average Bonchev–Trinajstić information content (AvgIpc) is 2.96. The van der Waals surface area contributed by atoms with E-state index in [1.165, 1.54) is 7.11 Å². The van der Waals surface area contributed by atoms with Crippen LogP contribution in [0, 0.1) is 0 Å². The molecular weight excluding hydrogens is 380 g/mol. The molecule has 0 aliphatic carbocycles. The van der Waals surface area contributed by atoms with Gasteiger partial charge in [0.15, 0.2) is 0 Å². The molecule has 1 aliphatic rings. The van der Waals surface area contributed by atoms with Crippen molar-refractivity contribution in [2.45, 2.75) is 0 Å². The number of rotatable bonds is 6. The minimum Gasteiger partial charge on any atom is -0.497 e. The molecule has 1 heterocycles.